The number of hydrogen-bond donors (Lipinski definition) is 1. The maximum atomic E-state index is 5.87. The van der Waals surface area contributed by atoms with Crippen molar-refractivity contribution in [1.29, 1.82) is 0 Å². The molecule has 0 unspecified atom stereocenters. The second-order valence-electron chi connectivity index (χ2n) is 5.38. The van der Waals surface area contributed by atoms with Gasteiger partial charge in [0.1, 0.15) is 0 Å². The van der Waals surface area contributed by atoms with Crippen LogP contribution in [0.5, 0.6) is 0 Å². The first kappa shape index (κ1) is 12.2. The highest BCUT2D eigenvalue weighted by Crippen LogP contribution is 2.28. The molecular formula is C17H20N2. The number of nitrogen functional groups attached to an aromatic ring is 1. The maximum Gasteiger partial charge on any atom is 0.0316 e. The number of benzene rings is 2. The van der Waals surface area contributed by atoms with Crippen molar-refractivity contribution in [3.8, 4) is 0 Å². The van der Waals surface area contributed by atoms with Gasteiger partial charge in [-0.1, -0.05) is 42.5 Å². The summed E-state index contributed by atoms with van der Waals surface area (Å²) in [5, 5.41) is 0. The van der Waals surface area contributed by atoms with E-state index in [2.05, 4.69) is 53.4 Å². The van der Waals surface area contributed by atoms with Crippen molar-refractivity contribution in [3.63, 3.8) is 0 Å². The van der Waals surface area contributed by atoms with Crippen LogP contribution < -0.4 is 5.73 Å². The summed E-state index contributed by atoms with van der Waals surface area (Å²) < 4.78 is 0. The van der Waals surface area contributed by atoms with E-state index in [1.807, 2.05) is 6.07 Å². The summed E-state index contributed by atoms with van der Waals surface area (Å²) in [6.07, 6.45) is 1.23. The molecule has 0 bridgehead atoms. The predicted octanol–water partition coefficient (Wildman–Crippen LogP) is 3.26. The first-order chi connectivity index (χ1) is 9.31. The molecular weight excluding hydrogens is 232 g/mol. The fraction of sp³-hybridized carbons (Fsp3) is 0.294. The first-order valence-electron chi connectivity index (χ1n) is 6.93. The van der Waals surface area contributed by atoms with E-state index in [1.165, 1.54) is 24.1 Å². The van der Waals surface area contributed by atoms with Crippen LogP contribution in [0.1, 0.15) is 23.5 Å². The lowest BCUT2D eigenvalue weighted by molar-refractivity contribution is 0.327. The smallest absolute Gasteiger partial charge is 0.0316 e. The fourth-order valence-electron chi connectivity index (χ4n) is 2.90. The predicted molar refractivity (Wildman–Crippen MR) is 79.9 cm³/mol. The largest absolute Gasteiger partial charge is 0.399 e. The molecule has 1 fully saturated rings. The molecule has 0 amide bonds. The zero-order valence-corrected chi connectivity index (χ0v) is 11.1. The van der Waals surface area contributed by atoms with Gasteiger partial charge in [0.25, 0.3) is 0 Å². The Labute approximate surface area is 114 Å². The molecule has 19 heavy (non-hydrogen) atoms. The Kier molecular flexibility index (Phi) is 3.51. The molecule has 1 aliphatic rings. The quantitative estimate of drug-likeness (QED) is 0.850. The highest BCUT2D eigenvalue weighted by atomic mass is 15.1. The number of likely N-dealkylation sites (tertiary alicyclic amines) is 1. The minimum atomic E-state index is 0.632. The average Bonchev–Trinajstić information content (AvgIpc) is 2.88. The Bertz CT molecular complexity index is 536. The van der Waals surface area contributed by atoms with Gasteiger partial charge in [0.2, 0.25) is 0 Å². The molecule has 2 nitrogen and oxygen atoms in total. The van der Waals surface area contributed by atoms with Crippen LogP contribution in [0.15, 0.2) is 54.6 Å². The van der Waals surface area contributed by atoms with Crippen molar-refractivity contribution >= 4 is 5.69 Å². The number of hydrogen-bond acceptors (Lipinski definition) is 2. The van der Waals surface area contributed by atoms with Gasteiger partial charge in [-0.05, 0) is 42.1 Å². The van der Waals surface area contributed by atoms with Gasteiger partial charge < -0.3 is 5.73 Å². The van der Waals surface area contributed by atoms with Crippen LogP contribution in [0, 0.1) is 0 Å². The second-order valence-corrected chi connectivity index (χ2v) is 5.38. The summed E-state index contributed by atoms with van der Waals surface area (Å²) >= 11 is 0. The van der Waals surface area contributed by atoms with Gasteiger partial charge in [-0.25, -0.2) is 0 Å². The van der Waals surface area contributed by atoms with Gasteiger partial charge in [0, 0.05) is 18.8 Å². The molecule has 1 saturated heterocycles. The molecule has 0 spiro atoms. The molecule has 0 radical (unpaired) electrons. The van der Waals surface area contributed by atoms with Crippen molar-refractivity contribution in [1.82, 2.24) is 4.90 Å². The summed E-state index contributed by atoms with van der Waals surface area (Å²) in [6.45, 7) is 3.37. The summed E-state index contributed by atoms with van der Waals surface area (Å²) in [5.74, 6) is 0.632. The van der Waals surface area contributed by atoms with E-state index in [0.29, 0.717) is 5.92 Å². The van der Waals surface area contributed by atoms with Crippen molar-refractivity contribution in [3.05, 3.63) is 65.7 Å². The summed E-state index contributed by atoms with van der Waals surface area (Å²) in [5.41, 5.74) is 9.53. The minimum absolute atomic E-state index is 0.632. The van der Waals surface area contributed by atoms with Crippen LogP contribution in [0.3, 0.4) is 0 Å². The zero-order valence-electron chi connectivity index (χ0n) is 11.1. The monoisotopic (exact) mass is 252 g/mol. The van der Waals surface area contributed by atoms with Crippen LogP contribution in [-0.4, -0.2) is 18.0 Å². The normalized spacial score (nSPS) is 19.7. The van der Waals surface area contributed by atoms with E-state index in [9.17, 15) is 0 Å². The third-order valence-corrected chi connectivity index (χ3v) is 3.90. The number of nitrogens with two attached hydrogens (primary N) is 1. The number of anilines is 1. The molecule has 2 N–H and O–H groups in total. The molecule has 3 rings (SSSR count). The van der Waals surface area contributed by atoms with E-state index in [-0.39, 0.29) is 0 Å². The minimum Gasteiger partial charge on any atom is -0.399 e. The standard InChI is InChI=1S/C17H20N2/c18-17-8-4-7-15(11-17)16-9-10-19(13-16)12-14-5-2-1-3-6-14/h1-8,11,16H,9-10,12-13,18H2/t16-/m0/s1. The average molecular weight is 252 g/mol. The summed E-state index contributed by atoms with van der Waals surface area (Å²) in [6, 6.07) is 19.0. The number of nitrogens with zero attached hydrogens (tertiary/aromatic N) is 1. The van der Waals surface area contributed by atoms with Crippen LogP contribution in [0.4, 0.5) is 5.69 Å². The Morgan fingerprint density at radius 1 is 1.05 bits per heavy atom. The SMILES string of the molecule is Nc1cccc([C@H]2CCN(Cc3ccccc3)C2)c1. The molecule has 0 aliphatic carbocycles. The Morgan fingerprint density at radius 2 is 1.89 bits per heavy atom. The maximum absolute atomic E-state index is 5.87. The van der Waals surface area contributed by atoms with E-state index >= 15 is 0 Å². The van der Waals surface area contributed by atoms with Gasteiger partial charge >= 0.3 is 0 Å². The third kappa shape index (κ3) is 2.96. The molecule has 2 heteroatoms. The first-order valence-corrected chi connectivity index (χ1v) is 6.93. The molecule has 2 aromatic carbocycles. The zero-order chi connectivity index (χ0) is 13.1. The molecule has 2 aromatic rings. The topological polar surface area (TPSA) is 29.3 Å². The molecule has 98 valence electrons. The lowest BCUT2D eigenvalue weighted by atomic mass is 9.98. The highest BCUT2D eigenvalue weighted by Gasteiger charge is 2.23. The van der Waals surface area contributed by atoms with E-state index < -0.39 is 0 Å². The second kappa shape index (κ2) is 5.45. The van der Waals surface area contributed by atoms with Crippen molar-refractivity contribution in [2.45, 2.75) is 18.9 Å². The third-order valence-electron chi connectivity index (χ3n) is 3.90. The van der Waals surface area contributed by atoms with E-state index in [0.717, 1.165) is 18.8 Å². The van der Waals surface area contributed by atoms with Gasteiger partial charge in [-0.15, -0.1) is 0 Å². The van der Waals surface area contributed by atoms with E-state index in [1.54, 1.807) is 0 Å². The Hall–Kier alpha value is -1.80. The lowest BCUT2D eigenvalue weighted by Gasteiger charge is -2.16. The van der Waals surface area contributed by atoms with Crippen LogP contribution in [-0.2, 0) is 6.54 Å². The molecule has 0 saturated carbocycles. The van der Waals surface area contributed by atoms with Crippen molar-refractivity contribution in [2.75, 3.05) is 18.8 Å². The summed E-state index contributed by atoms with van der Waals surface area (Å²) in [7, 11) is 0. The Morgan fingerprint density at radius 3 is 2.68 bits per heavy atom. The molecule has 0 aromatic heterocycles. The van der Waals surface area contributed by atoms with Crippen molar-refractivity contribution < 1.29 is 0 Å². The van der Waals surface area contributed by atoms with Crippen molar-refractivity contribution in [2.24, 2.45) is 0 Å². The van der Waals surface area contributed by atoms with Crippen LogP contribution in [0.2, 0.25) is 0 Å². The Balaban J connectivity index is 1.64. The van der Waals surface area contributed by atoms with Gasteiger partial charge in [0.15, 0.2) is 0 Å². The van der Waals surface area contributed by atoms with Crippen LogP contribution >= 0.6 is 0 Å². The highest BCUT2D eigenvalue weighted by molar-refractivity contribution is 5.42. The van der Waals surface area contributed by atoms with Gasteiger partial charge in [-0.2, -0.15) is 0 Å². The van der Waals surface area contributed by atoms with E-state index in [4.69, 9.17) is 5.73 Å². The van der Waals surface area contributed by atoms with Crippen LogP contribution in [0.25, 0.3) is 0 Å². The fourth-order valence-corrected chi connectivity index (χ4v) is 2.90. The number of rotatable bonds is 3. The summed E-state index contributed by atoms with van der Waals surface area (Å²) in [4.78, 5) is 2.53. The lowest BCUT2D eigenvalue weighted by Crippen LogP contribution is -2.19. The molecule has 1 atom stereocenters. The van der Waals surface area contributed by atoms with Gasteiger partial charge in [0.05, 0.1) is 0 Å². The van der Waals surface area contributed by atoms with Gasteiger partial charge in [-0.3, -0.25) is 4.90 Å². The molecule has 1 heterocycles. The molecule has 1 aliphatic heterocycles.